The molecule has 0 aliphatic heterocycles. The van der Waals surface area contributed by atoms with Crippen LogP contribution in [0, 0.1) is 0 Å². The van der Waals surface area contributed by atoms with Crippen molar-refractivity contribution in [3.05, 3.63) is 22.7 Å². The number of rotatable bonds is 7. The highest BCUT2D eigenvalue weighted by Gasteiger charge is 2.18. The summed E-state index contributed by atoms with van der Waals surface area (Å²) < 4.78 is 32.7. The second-order valence-corrected chi connectivity index (χ2v) is 7.65. The average molecular weight is 368 g/mol. The van der Waals surface area contributed by atoms with E-state index < -0.39 is 10.0 Å². The molecule has 1 aromatic rings. The largest absolute Gasteiger partial charge is 0.496 e. The molecule has 0 aliphatic rings. The predicted molar refractivity (Wildman–Crippen MR) is 83.5 cm³/mol. The van der Waals surface area contributed by atoms with E-state index in [1.165, 1.54) is 13.2 Å². The monoisotopic (exact) mass is 367 g/mol. The van der Waals surface area contributed by atoms with Gasteiger partial charge < -0.3 is 4.74 Å². The van der Waals surface area contributed by atoms with Crippen LogP contribution in [-0.4, -0.2) is 33.6 Å². The molecular weight excluding hydrogens is 350 g/mol. The molecule has 0 fully saturated rings. The highest BCUT2D eigenvalue weighted by molar-refractivity contribution is 9.10. The molecule has 0 bridgehead atoms. The third-order valence-corrected chi connectivity index (χ3v) is 5.40. The van der Waals surface area contributed by atoms with Crippen molar-refractivity contribution in [2.24, 2.45) is 0 Å². The van der Waals surface area contributed by atoms with Crippen LogP contribution in [0.4, 0.5) is 0 Å². The summed E-state index contributed by atoms with van der Waals surface area (Å²) in [4.78, 5) is 0.233. The van der Waals surface area contributed by atoms with Gasteiger partial charge in [-0.05, 0) is 59.5 Å². The second kappa shape index (κ2) is 7.52. The SMILES string of the molecule is COc1ccc(S(=O)(=O)NC(C)CCSC)cc1Br. The molecule has 1 unspecified atom stereocenters. The smallest absolute Gasteiger partial charge is 0.240 e. The average Bonchev–Trinajstić information content (AvgIpc) is 2.35. The van der Waals surface area contributed by atoms with Gasteiger partial charge in [-0.2, -0.15) is 11.8 Å². The predicted octanol–water partition coefficient (Wildman–Crippen LogP) is 2.88. The third kappa shape index (κ3) is 4.98. The molecule has 0 heterocycles. The summed E-state index contributed by atoms with van der Waals surface area (Å²) in [5.41, 5.74) is 0. The summed E-state index contributed by atoms with van der Waals surface area (Å²) in [6.45, 7) is 1.87. The number of methoxy groups -OCH3 is 1. The molecule has 1 N–H and O–H groups in total. The van der Waals surface area contributed by atoms with Crippen LogP contribution in [0.25, 0.3) is 0 Å². The zero-order valence-electron chi connectivity index (χ0n) is 11.1. The van der Waals surface area contributed by atoms with Crippen molar-refractivity contribution >= 4 is 37.7 Å². The molecule has 4 nitrogen and oxygen atoms in total. The second-order valence-electron chi connectivity index (χ2n) is 4.10. The van der Waals surface area contributed by atoms with E-state index in [2.05, 4.69) is 20.7 Å². The summed E-state index contributed by atoms with van der Waals surface area (Å²) in [5, 5.41) is 0. The number of ether oxygens (including phenoxy) is 1. The Hall–Kier alpha value is -0.240. The lowest BCUT2D eigenvalue weighted by molar-refractivity contribution is 0.411. The van der Waals surface area contributed by atoms with Gasteiger partial charge in [0.2, 0.25) is 10.0 Å². The Labute approximate surface area is 127 Å². The Kier molecular flexibility index (Phi) is 6.65. The maximum atomic E-state index is 12.2. The van der Waals surface area contributed by atoms with E-state index in [0.717, 1.165) is 12.2 Å². The number of hydrogen-bond donors (Lipinski definition) is 1. The van der Waals surface area contributed by atoms with Gasteiger partial charge in [0.05, 0.1) is 16.5 Å². The van der Waals surface area contributed by atoms with Crippen LogP contribution >= 0.6 is 27.7 Å². The van der Waals surface area contributed by atoms with Crippen LogP contribution in [0.15, 0.2) is 27.6 Å². The van der Waals surface area contributed by atoms with E-state index >= 15 is 0 Å². The fourth-order valence-corrected chi connectivity index (χ4v) is 4.09. The molecular formula is C12H18BrNO3S2. The summed E-state index contributed by atoms with van der Waals surface area (Å²) in [7, 11) is -1.94. The topological polar surface area (TPSA) is 55.4 Å². The summed E-state index contributed by atoms with van der Waals surface area (Å²) in [5.74, 6) is 1.53. The van der Waals surface area contributed by atoms with Gasteiger partial charge in [0, 0.05) is 6.04 Å². The Morgan fingerprint density at radius 2 is 2.16 bits per heavy atom. The first-order valence-electron chi connectivity index (χ1n) is 5.75. The standard InChI is InChI=1S/C12H18BrNO3S2/c1-9(6-7-18-3)14-19(15,16)10-4-5-12(17-2)11(13)8-10/h4-5,8-9,14H,6-7H2,1-3H3. The molecule has 0 aromatic heterocycles. The Morgan fingerprint density at radius 3 is 2.68 bits per heavy atom. The fraction of sp³-hybridized carbons (Fsp3) is 0.500. The summed E-state index contributed by atoms with van der Waals surface area (Å²) >= 11 is 4.99. The van der Waals surface area contributed by atoms with Crippen LogP contribution in [0.5, 0.6) is 5.75 Å². The van der Waals surface area contributed by atoms with Gasteiger partial charge in [-0.25, -0.2) is 13.1 Å². The van der Waals surface area contributed by atoms with Gasteiger partial charge in [-0.15, -0.1) is 0 Å². The van der Waals surface area contributed by atoms with Crippen molar-refractivity contribution in [3.8, 4) is 5.75 Å². The van der Waals surface area contributed by atoms with Gasteiger partial charge in [0.25, 0.3) is 0 Å². The van der Waals surface area contributed by atoms with Gasteiger partial charge in [-0.3, -0.25) is 0 Å². The van der Waals surface area contributed by atoms with Gasteiger partial charge >= 0.3 is 0 Å². The molecule has 0 saturated heterocycles. The molecule has 0 radical (unpaired) electrons. The first-order chi connectivity index (χ1) is 8.90. The summed E-state index contributed by atoms with van der Waals surface area (Å²) in [6, 6.07) is 4.62. The van der Waals surface area contributed by atoms with Crippen LogP contribution < -0.4 is 9.46 Å². The minimum Gasteiger partial charge on any atom is -0.496 e. The van der Waals surface area contributed by atoms with E-state index in [0.29, 0.717) is 10.2 Å². The maximum absolute atomic E-state index is 12.2. The lowest BCUT2D eigenvalue weighted by Gasteiger charge is -2.14. The van der Waals surface area contributed by atoms with E-state index in [1.807, 2.05) is 13.2 Å². The van der Waals surface area contributed by atoms with Crippen molar-refractivity contribution in [3.63, 3.8) is 0 Å². The Balaban J connectivity index is 2.85. The van der Waals surface area contributed by atoms with Crippen molar-refractivity contribution in [2.75, 3.05) is 19.1 Å². The van der Waals surface area contributed by atoms with Crippen LogP contribution in [-0.2, 0) is 10.0 Å². The highest BCUT2D eigenvalue weighted by Crippen LogP contribution is 2.27. The van der Waals surface area contributed by atoms with Crippen LogP contribution in [0.1, 0.15) is 13.3 Å². The van der Waals surface area contributed by atoms with Crippen molar-refractivity contribution in [1.82, 2.24) is 4.72 Å². The van der Waals surface area contributed by atoms with E-state index in [-0.39, 0.29) is 10.9 Å². The number of hydrogen-bond acceptors (Lipinski definition) is 4. The normalized spacial score (nSPS) is 13.3. The number of nitrogens with one attached hydrogen (secondary N) is 1. The Morgan fingerprint density at radius 1 is 1.47 bits per heavy atom. The molecule has 1 rings (SSSR count). The minimum atomic E-state index is -3.48. The quantitative estimate of drug-likeness (QED) is 0.804. The summed E-state index contributed by atoms with van der Waals surface area (Å²) in [6.07, 6.45) is 2.81. The minimum absolute atomic E-state index is 0.0849. The molecule has 0 spiro atoms. The molecule has 0 amide bonds. The number of halogens is 1. The number of benzene rings is 1. The number of thioether (sulfide) groups is 1. The first kappa shape index (κ1) is 16.8. The fourth-order valence-electron chi connectivity index (χ4n) is 1.50. The molecule has 108 valence electrons. The first-order valence-corrected chi connectivity index (χ1v) is 9.42. The van der Waals surface area contributed by atoms with Gasteiger partial charge in [0.15, 0.2) is 0 Å². The lowest BCUT2D eigenvalue weighted by Crippen LogP contribution is -2.33. The van der Waals surface area contributed by atoms with E-state index in [9.17, 15) is 8.42 Å². The lowest BCUT2D eigenvalue weighted by atomic mass is 10.3. The molecule has 0 saturated carbocycles. The maximum Gasteiger partial charge on any atom is 0.240 e. The molecule has 7 heteroatoms. The van der Waals surface area contributed by atoms with Gasteiger partial charge in [-0.1, -0.05) is 0 Å². The van der Waals surface area contributed by atoms with Crippen molar-refractivity contribution in [1.29, 1.82) is 0 Å². The highest BCUT2D eigenvalue weighted by atomic mass is 79.9. The zero-order valence-corrected chi connectivity index (χ0v) is 14.4. The van der Waals surface area contributed by atoms with Crippen molar-refractivity contribution in [2.45, 2.75) is 24.3 Å². The van der Waals surface area contributed by atoms with E-state index in [1.54, 1.807) is 23.9 Å². The molecule has 0 aliphatic carbocycles. The van der Waals surface area contributed by atoms with E-state index in [4.69, 9.17) is 4.74 Å². The third-order valence-electron chi connectivity index (χ3n) is 2.54. The zero-order chi connectivity index (χ0) is 14.5. The molecule has 1 atom stereocenters. The molecule has 19 heavy (non-hydrogen) atoms. The Bertz CT molecular complexity index is 520. The van der Waals surface area contributed by atoms with Crippen LogP contribution in [0.3, 0.4) is 0 Å². The van der Waals surface area contributed by atoms with Crippen molar-refractivity contribution < 1.29 is 13.2 Å². The number of sulfonamides is 1. The van der Waals surface area contributed by atoms with Crippen LogP contribution in [0.2, 0.25) is 0 Å². The van der Waals surface area contributed by atoms with Gasteiger partial charge in [0.1, 0.15) is 5.75 Å². The molecule has 1 aromatic carbocycles.